The summed E-state index contributed by atoms with van der Waals surface area (Å²) in [6, 6.07) is 22.2. The van der Waals surface area contributed by atoms with Crippen molar-refractivity contribution < 1.29 is 0 Å². The van der Waals surface area contributed by atoms with Gasteiger partial charge in [0, 0.05) is 0 Å². The normalized spacial score (nSPS) is 10.6. The molecule has 0 bridgehead atoms. The van der Waals surface area contributed by atoms with Crippen LogP contribution < -0.4 is 7.16 Å². The first-order valence-corrected chi connectivity index (χ1v) is 10.8. The fraction of sp³-hybridized carbons (Fsp3) is 0.200. The van der Waals surface area contributed by atoms with Gasteiger partial charge in [-0.05, 0) is 0 Å². The molecule has 0 N–H and O–H groups in total. The number of benzene rings is 2. The Morgan fingerprint density at radius 3 is 1.56 bits per heavy atom. The molecule has 0 amide bonds. The second-order valence-electron chi connectivity index (χ2n) is 3.96. The van der Waals surface area contributed by atoms with Gasteiger partial charge in [-0.15, -0.1) is 0 Å². The van der Waals surface area contributed by atoms with Crippen LogP contribution in [0.25, 0.3) is 0 Å². The average molecular weight is 316 g/mol. The Labute approximate surface area is 105 Å². The van der Waals surface area contributed by atoms with E-state index >= 15 is 0 Å². The van der Waals surface area contributed by atoms with E-state index in [9.17, 15) is 0 Å². The zero-order valence-corrected chi connectivity index (χ0v) is 12.5. The van der Waals surface area contributed by atoms with E-state index in [-0.39, 0.29) is 0 Å². The molecule has 0 saturated heterocycles. The second kappa shape index (κ2) is 6.09. The molecule has 1 radical (unpaired) electrons. The van der Waals surface area contributed by atoms with Crippen molar-refractivity contribution >= 4 is 26.9 Å². The van der Waals surface area contributed by atoms with Gasteiger partial charge in [0.15, 0.2) is 0 Å². The first kappa shape index (κ1) is 11.7. The first-order chi connectivity index (χ1) is 7.92. The van der Waals surface area contributed by atoms with E-state index in [0.29, 0.717) is 0 Å². The zero-order valence-electron chi connectivity index (χ0n) is 9.69. The monoisotopic (exact) mass is 317 g/mol. The molecular formula is C15H17Sn. The van der Waals surface area contributed by atoms with Crippen molar-refractivity contribution in [1.82, 2.24) is 0 Å². The predicted octanol–water partition coefficient (Wildman–Crippen LogP) is 2.71. The molecule has 0 saturated carbocycles. The zero-order chi connectivity index (χ0) is 11.2. The molecule has 81 valence electrons. The molecule has 1 heteroatoms. The van der Waals surface area contributed by atoms with Crippen molar-refractivity contribution in [3.8, 4) is 0 Å². The SMILES string of the molecule is CC[CH2][Sn]([c]1ccccc1)[c]1ccccc1. The van der Waals surface area contributed by atoms with Gasteiger partial charge in [-0.25, -0.2) is 0 Å². The van der Waals surface area contributed by atoms with Crippen LogP contribution in [0.4, 0.5) is 0 Å². The molecule has 0 heterocycles. The van der Waals surface area contributed by atoms with E-state index in [2.05, 4.69) is 67.6 Å². The Kier molecular flexibility index (Phi) is 4.46. The van der Waals surface area contributed by atoms with Crippen molar-refractivity contribution in [2.45, 2.75) is 17.8 Å². The Morgan fingerprint density at radius 1 is 0.750 bits per heavy atom. The minimum atomic E-state index is -1.57. The summed E-state index contributed by atoms with van der Waals surface area (Å²) in [5.41, 5.74) is 0. The average Bonchev–Trinajstić information content (AvgIpc) is 2.38. The molecule has 2 aromatic rings. The van der Waals surface area contributed by atoms with Crippen molar-refractivity contribution in [3.63, 3.8) is 0 Å². The summed E-state index contributed by atoms with van der Waals surface area (Å²) in [4.78, 5) is 0. The van der Waals surface area contributed by atoms with Crippen molar-refractivity contribution in [2.75, 3.05) is 0 Å². The Balaban J connectivity index is 2.31. The molecule has 0 aliphatic rings. The van der Waals surface area contributed by atoms with Crippen LogP contribution in [0.5, 0.6) is 0 Å². The van der Waals surface area contributed by atoms with Crippen LogP contribution in [-0.2, 0) is 0 Å². The van der Waals surface area contributed by atoms with Crippen LogP contribution in [0.3, 0.4) is 0 Å². The van der Waals surface area contributed by atoms with Crippen LogP contribution in [-0.4, -0.2) is 19.8 Å². The summed E-state index contributed by atoms with van der Waals surface area (Å²) >= 11 is -1.57. The standard InChI is InChI=1S/2C6H5.C3H7.Sn/c2*1-2-4-6-5-3-1;1-3-2;/h2*1-5H;1,3H2,2H3;. The molecule has 0 atom stereocenters. The third kappa shape index (κ3) is 2.88. The van der Waals surface area contributed by atoms with Gasteiger partial charge in [-0.1, -0.05) is 0 Å². The molecule has 0 nitrogen and oxygen atoms in total. The van der Waals surface area contributed by atoms with Gasteiger partial charge in [0.25, 0.3) is 0 Å². The third-order valence-corrected chi connectivity index (χ3v) is 11.5. The molecule has 0 spiro atoms. The molecule has 0 aromatic heterocycles. The quantitative estimate of drug-likeness (QED) is 0.761. The van der Waals surface area contributed by atoms with Crippen LogP contribution in [0.1, 0.15) is 13.3 Å². The summed E-state index contributed by atoms with van der Waals surface area (Å²) in [5, 5.41) is 0. The molecule has 0 unspecified atom stereocenters. The van der Waals surface area contributed by atoms with Gasteiger partial charge >= 0.3 is 105 Å². The fourth-order valence-electron chi connectivity index (χ4n) is 1.98. The van der Waals surface area contributed by atoms with Gasteiger partial charge < -0.3 is 0 Å². The molecular weight excluding hydrogens is 299 g/mol. The Hall–Kier alpha value is -0.761. The maximum atomic E-state index is 2.32. The van der Waals surface area contributed by atoms with E-state index in [1.807, 2.05) is 0 Å². The van der Waals surface area contributed by atoms with E-state index in [4.69, 9.17) is 0 Å². The second-order valence-corrected chi connectivity index (χ2v) is 11.4. The van der Waals surface area contributed by atoms with Crippen molar-refractivity contribution in [1.29, 1.82) is 0 Å². The van der Waals surface area contributed by atoms with E-state index in [1.54, 1.807) is 7.16 Å². The van der Waals surface area contributed by atoms with E-state index in [1.165, 1.54) is 10.9 Å². The molecule has 16 heavy (non-hydrogen) atoms. The van der Waals surface area contributed by atoms with E-state index in [0.717, 1.165) is 0 Å². The number of hydrogen-bond acceptors (Lipinski definition) is 0. The number of rotatable bonds is 4. The minimum absolute atomic E-state index is 1.30. The van der Waals surface area contributed by atoms with Gasteiger partial charge in [-0.3, -0.25) is 0 Å². The molecule has 0 aliphatic heterocycles. The summed E-state index contributed by atoms with van der Waals surface area (Å²) in [5.74, 6) is 0. The molecule has 2 rings (SSSR count). The number of hydrogen-bond donors (Lipinski definition) is 0. The van der Waals surface area contributed by atoms with Gasteiger partial charge in [0.1, 0.15) is 0 Å². The first-order valence-electron chi connectivity index (χ1n) is 5.88. The summed E-state index contributed by atoms with van der Waals surface area (Å²) in [6.45, 7) is 2.30. The Bertz CT molecular complexity index is 368. The van der Waals surface area contributed by atoms with Crippen LogP contribution in [0, 0.1) is 0 Å². The van der Waals surface area contributed by atoms with Crippen LogP contribution in [0.2, 0.25) is 4.44 Å². The van der Waals surface area contributed by atoms with Crippen LogP contribution >= 0.6 is 0 Å². The van der Waals surface area contributed by atoms with Crippen molar-refractivity contribution in [2.24, 2.45) is 0 Å². The molecule has 0 aliphatic carbocycles. The molecule has 0 fully saturated rings. The van der Waals surface area contributed by atoms with Gasteiger partial charge in [0.2, 0.25) is 0 Å². The summed E-state index contributed by atoms with van der Waals surface area (Å²) in [7, 11) is 0. The van der Waals surface area contributed by atoms with Gasteiger partial charge in [0.05, 0.1) is 0 Å². The Morgan fingerprint density at radius 2 is 1.19 bits per heavy atom. The summed E-state index contributed by atoms with van der Waals surface area (Å²) in [6.07, 6.45) is 1.30. The summed E-state index contributed by atoms with van der Waals surface area (Å²) < 4.78 is 4.66. The fourth-order valence-corrected chi connectivity index (χ4v) is 9.41. The van der Waals surface area contributed by atoms with Crippen LogP contribution in [0.15, 0.2) is 60.7 Å². The topological polar surface area (TPSA) is 0 Å². The van der Waals surface area contributed by atoms with Crippen molar-refractivity contribution in [3.05, 3.63) is 60.7 Å². The maximum absolute atomic E-state index is 2.32. The van der Waals surface area contributed by atoms with E-state index < -0.39 is 19.8 Å². The predicted molar refractivity (Wildman–Crippen MR) is 73.0 cm³/mol. The van der Waals surface area contributed by atoms with Gasteiger partial charge in [-0.2, -0.15) is 0 Å². The third-order valence-electron chi connectivity index (χ3n) is 2.74. The molecule has 2 aromatic carbocycles.